The zero-order chi connectivity index (χ0) is 8.97. The maximum atomic E-state index is 4.05. The highest BCUT2D eigenvalue weighted by molar-refractivity contribution is 7.83. The van der Waals surface area contributed by atoms with E-state index in [0.29, 0.717) is 0 Å². The molecule has 66 valence electrons. The minimum Gasteiger partial charge on any atom is -0.351 e. The van der Waals surface area contributed by atoms with Gasteiger partial charge in [-0.15, -0.1) is 0 Å². The van der Waals surface area contributed by atoms with E-state index in [2.05, 4.69) is 43.7 Å². The smallest absolute Gasteiger partial charge is 0.0257 e. The van der Waals surface area contributed by atoms with Crippen molar-refractivity contribution in [3.05, 3.63) is 35.0 Å². The van der Waals surface area contributed by atoms with Crippen LogP contribution in [-0.4, -0.2) is 11.4 Å². The van der Waals surface area contributed by atoms with Crippen molar-refractivity contribution >= 4 is 12.6 Å². The Balaban J connectivity index is 2.72. The average molecular weight is 181 g/mol. The van der Waals surface area contributed by atoms with Crippen molar-refractivity contribution in [2.24, 2.45) is 0 Å². The van der Waals surface area contributed by atoms with Gasteiger partial charge in [0.2, 0.25) is 0 Å². The second-order valence-electron chi connectivity index (χ2n) is 2.95. The third-order valence-corrected chi connectivity index (χ3v) is 2.30. The summed E-state index contributed by atoms with van der Waals surface area (Å²) in [4.78, 5) is 2.27. The summed E-state index contributed by atoms with van der Waals surface area (Å²) >= 11 is 4.05. The fourth-order valence-corrected chi connectivity index (χ4v) is 1.45. The van der Waals surface area contributed by atoms with Gasteiger partial charge < -0.3 is 4.90 Å². The van der Waals surface area contributed by atoms with Crippen molar-refractivity contribution in [1.82, 2.24) is 4.90 Å². The van der Waals surface area contributed by atoms with Crippen molar-refractivity contribution in [1.29, 1.82) is 0 Å². The van der Waals surface area contributed by atoms with Crippen LogP contribution in [0.3, 0.4) is 0 Å². The first-order valence-electron chi connectivity index (χ1n) is 4.17. The number of hydrogen-bond donors (Lipinski definition) is 1. The summed E-state index contributed by atoms with van der Waals surface area (Å²) in [6.45, 7) is 5.36. The number of nitrogens with zero attached hydrogens (tertiary/aromatic N) is 1. The summed E-state index contributed by atoms with van der Waals surface area (Å²) in [6, 6.07) is 0. The van der Waals surface area contributed by atoms with Crippen LogP contribution in [0.2, 0.25) is 0 Å². The lowest BCUT2D eigenvalue weighted by Gasteiger charge is -2.17. The number of thiol groups is 1. The first-order valence-corrected chi connectivity index (χ1v) is 4.69. The molecular formula is C10H15NS. The second kappa shape index (κ2) is 4.41. The summed E-state index contributed by atoms with van der Waals surface area (Å²) < 4.78 is 0. The van der Waals surface area contributed by atoms with E-state index in [-0.39, 0.29) is 0 Å². The maximum Gasteiger partial charge on any atom is 0.0257 e. The van der Waals surface area contributed by atoms with Crippen LogP contribution in [0.15, 0.2) is 35.0 Å². The van der Waals surface area contributed by atoms with Gasteiger partial charge in [0, 0.05) is 12.2 Å². The SMILES string of the molecule is CC(/C=C\S)=C(/C)N1C=CCC1. The Morgan fingerprint density at radius 1 is 1.50 bits per heavy atom. The number of hydrogen-bond acceptors (Lipinski definition) is 2. The molecule has 0 fully saturated rings. The zero-order valence-electron chi connectivity index (χ0n) is 7.62. The monoisotopic (exact) mass is 181 g/mol. The van der Waals surface area contributed by atoms with E-state index >= 15 is 0 Å². The van der Waals surface area contributed by atoms with Gasteiger partial charge in [0.15, 0.2) is 0 Å². The van der Waals surface area contributed by atoms with Gasteiger partial charge in [-0.05, 0) is 37.4 Å². The van der Waals surface area contributed by atoms with Crippen molar-refractivity contribution in [3.8, 4) is 0 Å². The molecule has 0 saturated carbocycles. The molecule has 0 aromatic rings. The van der Waals surface area contributed by atoms with Crippen LogP contribution in [-0.2, 0) is 0 Å². The molecule has 0 aliphatic carbocycles. The highest BCUT2D eigenvalue weighted by Gasteiger charge is 2.06. The van der Waals surface area contributed by atoms with Gasteiger partial charge in [0.1, 0.15) is 0 Å². The molecule has 1 heterocycles. The lowest BCUT2D eigenvalue weighted by atomic mass is 10.2. The molecule has 2 heteroatoms. The van der Waals surface area contributed by atoms with Crippen LogP contribution in [0, 0.1) is 0 Å². The van der Waals surface area contributed by atoms with E-state index < -0.39 is 0 Å². The van der Waals surface area contributed by atoms with E-state index in [0.717, 1.165) is 13.0 Å². The zero-order valence-corrected chi connectivity index (χ0v) is 8.51. The van der Waals surface area contributed by atoms with Crippen LogP contribution < -0.4 is 0 Å². The predicted octanol–water partition coefficient (Wildman–Crippen LogP) is 2.94. The summed E-state index contributed by atoms with van der Waals surface area (Å²) in [5.74, 6) is 0. The van der Waals surface area contributed by atoms with Gasteiger partial charge in [-0.25, -0.2) is 0 Å². The molecule has 12 heavy (non-hydrogen) atoms. The molecule has 0 saturated heterocycles. The lowest BCUT2D eigenvalue weighted by Crippen LogP contribution is -2.12. The number of rotatable bonds is 2. The maximum absolute atomic E-state index is 4.05. The molecule has 1 rings (SSSR count). The number of allylic oxidation sites excluding steroid dienone is 3. The van der Waals surface area contributed by atoms with E-state index in [9.17, 15) is 0 Å². The van der Waals surface area contributed by atoms with Gasteiger partial charge in [-0.2, -0.15) is 12.6 Å². The Hall–Kier alpha value is -0.630. The van der Waals surface area contributed by atoms with Gasteiger partial charge >= 0.3 is 0 Å². The Labute approximate surface area is 79.9 Å². The third kappa shape index (κ3) is 2.18. The molecule has 1 aliphatic heterocycles. The Kier molecular flexibility index (Phi) is 3.48. The molecule has 0 unspecified atom stereocenters. The highest BCUT2D eigenvalue weighted by Crippen LogP contribution is 2.16. The fourth-order valence-electron chi connectivity index (χ4n) is 1.23. The summed E-state index contributed by atoms with van der Waals surface area (Å²) in [5.41, 5.74) is 2.59. The highest BCUT2D eigenvalue weighted by atomic mass is 32.1. The molecule has 0 spiro atoms. The quantitative estimate of drug-likeness (QED) is 0.506. The Morgan fingerprint density at radius 3 is 2.75 bits per heavy atom. The van der Waals surface area contributed by atoms with E-state index in [1.54, 1.807) is 5.41 Å². The van der Waals surface area contributed by atoms with Crippen molar-refractivity contribution < 1.29 is 0 Å². The van der Waals surface area contributed by atoms with Crippen LogP contribution in [0.4, 0.5) is 0 Å². The van der Waals surface area contributed by atoms with Gasteiger partial charge in [0.05, 0.1) is 0 Å². The van der Waals surface area contributed by atoms with E-state index in [1.165, 1.54) is 11.3 Å². The second-order valence-corrected chi connectivity index (χ2v) is 3.25. The van der Waals surface area contributed by atoms with Crippen molar-refractivity contribution in [2.45, 2.75) is 20.3 Å². The van der Waals surface area contributed by atoms with Crippen molar-refractivity contribution in [2.75, 3.05) is 6.54 Å². The molecule has 1 aliphatic rings. The first-order chi connectivity index (χ1) is 5.75. The minimum absolute atomic E-state index is 1.11. The van der Waals surface area contributed by atoms with Crippen LogP contribution >= 0.6 is 12.6 Å². The molecule has 0 aromatic carbocycles. The summed E-state index contributed by atoms with van der Waals surface area (Å²) in [6.07, 6.45) is 7.52. The molecule has 0 bridgehead atoms. The molecule has 0 radical (unpaired) electrons. The van der Waals surface area contributed by atoms with Crippen molar-refractivity contribution in [3.63, 3.8) is 0 Å². The van der Waals surface area contributed by atoms with Gasteiger partial charge in [-0.3, -0.25) is 0 Å². The molecule has 0 atom stereocenters. The topological polar surface area (TPSA) is 3.24 Å². The first kappa shape index (κ1) is 9.46. The van der Waals surface area contributed by atoms with Gasteiger partial charge in [0.25, 0.3) is 0 Å². The van der Waals surface area contributed by atoms with Crippen LogP contribution in [0.25, 0.3) is 0 Å². The lowest BCUT2D eigenvalue weighted by molar-refractivity contribution is 0.500. The standard InChI is InChI=1S/C10H15NS/c1-9(5-8-12)10(2)11-6-3-4-7-11/h3,5-6,8,12H,4,7H2,1-2H3/b8-5-,10-9+. The third-order valence-electron chi connectivity index (χ3n) is 2.15. The fraction of sp³-hybridized carbons (Fsp3) is 0.400. The molecule has 1 nitrogen and oxygen atoms in total. The van der Waals surface area contributed by atoms with Gasteiger partial charge in [-0.1, -0.05) is 12.2 Å². The summed E-state index contributed by atoms with van der Waals surface area (Å²) in [5, 5.41) is 1.78. The minimum atomic E-state index is 1.11. The predicted molar refractivity (Wildman–Crippen MR) is 57.0 cm³/mol. The van der Waals surface area contributed by atoms with Crippen LogP contribution in [0.5, 0.6) is 0 Å². The molecule has 0 N–H and O–H groups in total. The molecule has 0 aromatic heterocycles. The Morgan fingerprint density at radius 2 is 2.25 bits per heavy atom. The average Bonchev–Trinajstić information content (AvgIpc) is 2.55. The van der Waals surface area contributed by atoms with E-state index in [4.69, 9.17) is 0 Å². The Bertz CT molecular complexity index is 238. The van der Waals surface area contributed by atoms with Crippen LogP contribution in [0.1, 0.15) is 20.3 Å². The molecular weight excluding hydrogens is 166 g/mol. The van der Waals surface area contributed by atoms with E-state index in [1.807, 2.05) is 6.08 Å². The normalized spacial score (nSPS) is 19.1. The largest absolute Gasteiger partial charge is 0.351 e. The summed E-state index contributed by atoms with van der Waals surface area (Å²) in [7, 11) is 0. The molecule has 0 amide bonds.